The highest BCUT2D eigenvalue weighted by molar-refractivity contribution is 7.99. The number of rotatable bonds is 10. The molecule has 0 aliphatic heterocycles. The highest BCUT2D eigenvalue weighted by Crippen LogP contribution is 2.34. The van der Waals surface area contributed by atoms with Gasteiger partial charge >= 0.3 is 0 Å². The number of hydrogen-bond donors (Lipinski definition) is 0. The van der Waals surface area contributed by atoms with Gasteiger partial charge in [0.05, 0.1) is 10.1 Å². The van der Waals surface area contributed by atoms with Crippen molar-refractivity contribution in [2.75, 3.05) is 13.1 Å². The van der Waals surface area contributed by atoms with Gasteiger partial charge in [0.2, 0.25) is 21.8 Å². The molecule has 0 aliphatic rings. The summed E-state index contributed by atoms with van der Waals surface area (Å²) in [6.07, 6.45) is 1.70. The van der Waals surface area contributed by atoms with Gasteiger partial charge in [-0.2, -0.15) is 9.29 Å². The first-order valence-electron chi connectivity index (χ1n) is 9.82. The van der Waals surface area contributed by atoms with E-state index in [0.717, 1.165) is 12.8 Å². The van der Waals surface area contributed by atoms with Gasteiger partial charge in [0, 0.05) is 25.1 Å². The summed E-state index contributed by atoms with van der Waals surface area (Å²) in [6, 6.07) is 6.52. The van der Waals surface area contributed by atoms with Crippen LogP contribution in [-0.4, -0.2) is 46.2 Å². The van der Waals surface area contributed by atoms with Gasteiger partial charge in [-0.3, -0.25) is 0 Å². The molecule has 0 spiro atoms. The van der Waals surface area contributed by atoms with E-state index in [1.165, 1.54) is 16.1 Å². The van der Waals surface area contributed by atoms with E-state index < -0.39 is 10.0 Å². The van der Waals surface area contributed by atoms with Crippen LogP contribution in [0.3, 0.4) is 0 Å². The number of aromatic nitrogens is 4. The maximum atomic E-state index is 12.8. The van der Waals surface area contributed by atoms with Gasteiger partial charge < -0.3 is 8.94 Å². The van der Waals surface area contributed by atoms with Crippen LogP contribution in [0.4, 0.5) is 0 Å². The molecule has 0 saturated heterocycles. The minimum absolute atomic E-state index is 0.161. The van der Waals surface area contributed by atoms with E-state index in [1.807, 2.05) is 20.8 Å². The zero-order valence-corrected chi connectivity index (χ0v) is 19.0. The standard InChI is InChI=1S/C19H25N5O4S2/c1-5-9-16-20-17(28-23-16)13(4)29-19-22-21-18(27-19)14-10-8-11-15(12-14)30(25,26)24(6-2)7-3/h8,10-13H,5-7,9H2,1-4H3/t13-/m0/s1. The predicted octanol–water partition coefficient (Wildman–Crippen LogP) is 3.96. The fourth-order valence-electron chi connectivity index (χ4n) is 2.84. The lowest BCUT2D eigenvalue weighted by Crippen LogP contribution is -2.30. The lowest BCUT2D eigenvalue weighted by molar-refractivity contribution is 0.373. The van der Waals surface area contributed by atoms with Crippen molar-refractivity contribution >= 4 is 21.8 Å². The Bertz CT molecular complexity index is 1080. The fraction of sp³-hybridized carbons (Fsp3) is 0.474. The van der Waals surface area contributed by atoms with Crippen molar-refractivity contribution < 1.29 is 17.4 Å². The summed E-state index contributed by atoms with van der Waals surface area (Å²) >= 11 is 1.30. The monoisotopic (exact) mass is 451 g/mol. The third-order valence-electron chi connectivity index (χ3n) is 4.41. The van der Waals surface area contributed by atoms with Crippen molar-refractivity contribution in [2.24, 2.45) is 0 Å². The Hall–Kier alpha value is -2.24. The molecule has 0 N–H and O–H groups in total. The van der Waals surface area contributed by atoms with Crippen molar-refractivity contribution in [3.05, 3.63) is 36.0 Å². The average Bonchev–Trinajstić information content (AvgIpc) is 3.39. The topological polar surface area (TPSA) is 115 Å². The number of thioether (sulfide) groups is 1. The molecule has 1 aromatic carbocycles. The summed E-state index contributed by atoms with van der Waals surface area (Å²) in [4.78, 5) is 4.57. The Morgan fingerprint density at radius 3 is 2.63 bits per heavy atom. The molecule has 162 valence electrons. The summed E-state index contributed by atoms with van der Waals surface area (Å²) in [5.74, 6) is 1.42. The highest BCUT2D eigenvalue weighted by atomic mass is 32.2. The molecule has 3 aromatic rings. The van der Waals surface area contributed by atoms with Gasteiger partial charge in [0.1, 0.15) is 0 Å². The van der Waals surface area contributed by atoms with Crippen LogP contribution in [0.1, 0.15) is 51.1 Å². The third-order valence-corrected chi connectivity index (χ3v) is 7.38. The van der Waals surface area contributed by atoms with Gasteiger partial charge in [-0.25, -0.2) is 8.42 Å². The number of aryl methyl sites for hydroxylation is 1. The summed E-state index contributed by atoms with van der Waals surface area (Å²) < 4.78 is 38.0. The molecule has 0 aliphatic carbocycles. The Balaban J connectivity index is 1.77. The van der Waals surface area contributed by atoms with Crippen LogP contribution in [0.2, 0.25) is 0 Å². The molecule has 1 atom stereocenters. The second-order valence-electron chi connectivity index (χ2n) is 6.55. The molecule has 0 saturated carbocycles. The van der Waals surface area contributed by atoms with E-state index in [9.17, 15) is 8.42 Å². The van der Waals surface area contributed by atoms with Crippen molar-refractivity contribution in [2.45, 2.75) is 55.9 Å². The molecule has 0 fully saturated rings. The molecule has 0 radical (unpaired) electrons. The van der Waals surface area contributed by atoms with Crippen LogP contribution >= 0.6 is 11.8 Å². The van der Waals surface area contributed by atoms with Crippen molar-refractivity contribution in [1.82, 2.24) is 24.6 Å². The molecule has 0 unspecified atom stereocenters. The van der Waals surface area contributed by atoms with Crippen molar-refractivity contribution in [3.8, 4) is 11.5 Å². The lowest BCUT2D eigenvalue weighted by atomic mass is 10.2. The third kappa shape index (κ3) is 4.90. The first-order chi connectivity index (χ1) is 14.4. The SMILES string of the molecule is CCCc1noc([C@H](C)Sc2nnc(-c3cccc(S(=O)(=O)N(CC)CC)c3)o2)n1. The van der Waals surface area contributed by atoms with E-state index in [0.29, 0.717) is 35.6 Å². The zero-order valence-electron chi connectivity index (χ0n) is 17.4. The summed E-state index contributed by atoms with van der Waals surface area (Å²) in [6.45, 7) is 8.38. The van der Waals surface area contributed by atoms with E-state index in [4.69, 9.17) is 8.94 Å². The summed E-state index contributed by atoms with van der Waals surface area (Å²) in [7, 11) is -3.57. The van der Waals surface area contributed by atoms with Gasteiger partial charge in [0.15, 0.2) is 5.82 Å². The first-order valence-corrected chi connectivity index (χ1v) is 12.1. The highest BCUT2D eigenvalue weighted by Gasteiger charge is 2.23. The predicted molar refractivity (Wildman–Crippen MR) is 112 cm³/mol. The van der Waals surface area contributed by atoms with Gasteiger partial charge in [-0.05, 0) is 31.5 Å². The number of nitrogens with zero attached hydrogens (tertiary/aromatic N) is 5. The summed E-state index contributed by atoms with van der Waals surface area (Å²) in [5.41, 5.74) is 0.540. The van der Waals surface area contributed by atoms with Crippen LogP contribution in [0, 0.1) is 0 Å². The summed E-state index contributed by atoms with van der Waals surface area (Å²) in [5, 5.41) is 12.3. The second-order valence-corrected chi connectivity index (χ2v) is 9.78. The van der Waals surface area contributed by atoms with Crippen LogP contribution in [0.5, 0.6) is 0 Å². The van der Waals surface area contributed by atoms with E-state index in [-0.39, 0.29) is 16.0 Å². The normalized spacial score (nSPS) is 13.1. The Morgan fingerprint density at radius 1 is 1.17 bits per heavy atom. The smallest absolute Gasteiger partial charge is 0.277 e. The quantitative estimate of drug-likeness (QED) is 0.422. The first kappa shape index (κ1) is 22.4. The van der Waals surface area contributed by atoms with Crippen LogP contribution in [0.15, 0.2) is 43.3 Å². The second kappa shape index (κ2) is 9.71. The van der Waals surface area contributed by atoms with Gasteiger partial charge in [-0.15, -0.1) is 10.2 Å². The number of sulfonamides is 1. The molecular formula is C19H25N5O4S2. The van der Waals surface area contributed by atoms with Crippen molar-refractivity contribution in [3.63, 3.8) is 0 Å². The molecule has 30 heavy (non-hydrogen) atoms. The van der Waals surface area contributed by atoms with Gasteiger partial charge in [-0.1, -0.05) is 43.8 Å². The van der Waals surface area contributed by atoms with E-state index in [1.54, 1.807) is 24.3 Å². The van der Waals surface area contributed by atoms with E-state index >= 15 is 0 Å². The van der Waals surface area contributed by atoms with Gasteiger partial charge in [0.25, 0.3) is 5.22 Å². The Kier molecular flexibility index (Phi) is 7.27. The minimum atomic E-state index is -3.57. The average molecular weight is 452 g/mol. The largest absolute Gasteiger partial charge is 0.411 e. The molecule has 0 amide bonds. The maximum Gasteiger partial charge on any atom is 0.277 e. The Morgan fingerprint density at radius 2 is 1.93 bits per heavy atom. The Labute approximate surface area is 180 Å². The van der Waals surface area contributed by atoms with Crippen LogP contribution in [0.25, 0.3) is 11.5 Å². The molecule has 0 bridgehead atoms. The van der Waals surface area contributed by atoms with Crippen LogP contribution < -0.4 is 0 Å². The van der Waals surface area contributed by atoms with Crippen molar-refractivity contribution in [1.29, 1.82) is 0 Å². The molecule has 11 heteroatoms. The fourth-order valence-corrected chi connectivity index (χ4v) is 5.05. The molecule has 3 rings (SSSR count). The lowest BCUT2D eigenvalue weighted by Gasteiger charge is -2.18. The number of hydrogen-bond acceptors (Lipinski definition) is 9. The molecule has 2 heterocycles. The molecular weight excluding hydrogens is 426 g/mol. The molecule has 9 nitrogen and oxygen atoms in total. The van der Waals surface area contributed by atoms with E-state index in [2.05, 4.69) is 27.3 Å². The minimum Gasteiger partial charge on any atom is -0.411 e. The van der Waals surface area contributed by atoms with Crippen LogP contribution in [-0.2, 0) is 16.4 Å². The number of benzene rings is 1. The zero-order chi connectivity index (χ0) is 21.7. The maximum absolute atomic E-state index is 12.8. The molecule has 2 aromatic heterocycles.